The molecule has 154 valence electrons. The fourth-order valence-corrected chi connectivity index (χ4v) is 5.10. The number of nitrogens with zero attached hydrogens (tertiary/aromatic N) is 2. The molecule has 1 aromatic heterocycles. The molecule has 1 aliphatic carbocycles. The van der Waals surface area contributed by atoms with Gasteiger partial charge < -0.3 is 20.5 Å². The first-order chi connectivity index (χ1) is 13.6. The lowest BCUT2D eigenvalue weighted by molar-refractivity contribution is 0.176. The highest BCUT2D eigenvalue weighted by Crippen LogP contribution is 2.30. The maximum atomic E-state index is 9.70. The summed E-state index contributed by atoms with van der Waals surface area (Å²) >= 11 is 1.67. The van der Waals surface area contributed by atoms with Gasteiger partial charge in [0.2, 0.25) is 0 Å². The van der Waals surface area contributed by atoms with E-state index in [9.17, 15) is 5.11 Å². The molecule has 0 fully saturated rings. The van der Waals surface area contributed by atoms with Crippen LogP contribution in [0.2, 0.25) is 0 Å². The van der Waals surface area contributed by atoms with Crippen molar-refractivity contribution in [3.05, 3.63) is 34.3 Å². The molecule has 3 N–H and O–H groups in total. The smallest absolute Gasteiger partial charge is 0.180 e. The van der Waals surface area contributed by atoms with Crippen LogP contribution in [0.15, 0.2) is 18.2 Å². The second-order valence-corrected chi connectivity index (χ2v) is 8.79. The minimum absolute atomic E-state index is 0.208. The summed E-state index contributed by atoms with van der Waals surface area (Å²) in [6, 6.07) is 6.29. The van der Waals surface area contributed by atoms with Gasteiger partial charge in [-0.05, 0) is 75.7 Å². The van der Waals surface area contributed by atoms with Crippen molar-refractivity contribution in [2.75, 3.05) is 25.9 Å². The maximum Gasteiger partial charge on any atom is 0.180 e. The van der Waals surface area contributed by atoms with Crippen molar-refractivity contribution in [2.45, 2.75) is 64.3 Å². The maximum absolute atomic E-state index is 9.70. The third kappa shape index (κ3) is 5.39. The Balaban J connectivity index is 1.44. The van der Waals surface area contributed by atoms with E-state index in [-0.39, 0.29) is 5.75 Å². The highest BCUT2D eigenvalue weighted by atomic mass is 32.1. The SMILES string of the molecule is CCCN(CCCCCc1ccc(O)c(OC)c1)[C@@H]1CCc2nc(N)sc2C1. The van der Waals surface area contributed by atoms with Crippen LogP contribution < -0.4 is 10.5 Å². The van der Waals surface area contributed by atoms with Crippen molar-refractivity contribution in [1.29, 1.82) is 0 Å². The number of aryl methyl sites for hydroxylation is 2. The molecule has 0 spiro atoms. The summed E-state index contributed by atoms with van der Waals surface area (Å²) in [5, 5.41) is 10.4. The second-order valence-electron chi connectivity index (χ2n) is 7.67. The lowest BCUT2D eigenvalue weighted by Gasteiger charge is -2.33. The number of phenolic OH excluding ortho intramolecular Hbond substituents is 1. The summed E-state index contributed by atoms with van der Waals surface area (Å²) < 4.78 is 5.20. The van der Waals surface area contributed by atoms with Crippen LogP contribution in [0.25, 0.3) is 0 Å². The number of aromatic nitrogens is 1. The highest BCUT2D eigenvalue weighted by molar-refractivity contribution is 7.15. The highest BCUT2D eigenvalue weighted by Gasteiger charge is 2.26. The van der Waals surface area contributed by atoms with E-state index in [2.05, 4.69) is 16.8 Å². The topological polar surface area (TPSA) is 71.6 Å². The van der Waals surface area contributed by atoms with E-state index < -0.39 is 0 Å². The Morgan fingerprint density at radius 2 is 2.14 bits per heavy atom. The normalized spacial score (nSPS) is 16.3. The number of hydrogen-bond acceptors (Lipinski definition) is 6. The Morgan fingerprint density at radius 1 is 1.29 bits per heavy atom. The third-order valence-electron chi connectivity index (χ3n) is 5.61. The monoisotopic (exact) mass is 403 g/mol. The number of rotatable bonds is 10. The molecule has 1 aliphatic rings. The van der Waals surface area contributed by atoms with Crippen LogP contribution in [0.4, 0.5) is 5.13 Å². The molecular weight excluding hydrogens is 370 g/mol. The Kier molecular flexibility index (Phi) is 7.57. The van der Waals surface area contributed by atoms with Gasteiger partial charge in [-0.25, -0.2) is 4.98 Å². The minimum Gasteiger partial charge on any atom is -0.504 e. The van der Waals surface area contributed by atoms with Crippen molar-refractivity contribution >= 4 is 16.5 Å². The van der Waals surface area contributed by atoms with E-state index in [0.717, 1.165) is 30.8 Å². The van der Waals surface area contributed by atoms with Crippen molar-refractivity contribution in [3.63, 3.8) is 0 Å². The first-order valence-corrected chi connectivity index (χ1v) is 11.3. The number of ether oxygens (including phenoxy) is 1. The zero-order valence-electron chi connectivity index (χ0n) is 17.1. The molecular formula is C22H33N3O2S. The average molecular weight is 404 g/mol. The van der Waals surface area contributed by atoms with Gasteiger partial charge in [0.1, 0.15) is 0 Å². The second kappa shape index (κ2) is 10.1. The van der Waals surface area contributed by atoms with Gasteiger partial charge in [-0.1, -0.05) is 19.4 Å². The third-order valence-corrected chi connectivity index (χ3v) is 6.56. The van der Waals surface area contributed by atoms with Crippen LogP contribution in [0, 0.1) is 0 Å². The molecule has 0 radical (unpaired) electrons. The predicted octanol–water partition coefficient (Wildman–Crippen LogP) is 4.42. The lowest BCUT2D eigenvalue weighted by atomic mass is 9.95. The average Bonchev–Trinajstić information content (AvgIpc) is 3.07. The Bertz CT molecular complexity index is 762. The summed E-state index contributed by atoms with van der Waals surface area (Å²) in [7, 11) is 1.59. The molecule has 0 unspecified atom stereocenters. The van der Waals surface area contributed by atoms with Crippen molar-refractivity contribution in [3.8, 4) is 11.5 Å². The van der Waals surface area contributed by atoms with E-state index >= 15 is 0 Å². The number of unbranched alkanes of at least 4 members (excludes halogenated alkanes) is 2. The number of thiazole rings is 1. The van der Waals surface area contributed by atoms with Crippen LogP contribution in [0.5, 0.6) is 11.5 Å². The number of hydrogen-bond donors (Lipinski definition) is 2. The zero-order chi connectivity index (χ0) is 19.9. The molecule has 6 heteroatoms. The number of fused-ring (bicyclic) bond motifs is 1. The van der Waals surface area contributed by atoms with Gasteiger partial charge in [0, 0.05) is 10.9 Å². The zero-order valence-corrected chi connectivity index (χ0v) is 17.9. The summed E-state index contributed by atoms with van der Waals surface area (Å²) in [5.41, 5.74) is 8.36. The number of phenols is 1. The number of methoxy groups -OCH3 is 1. The van der Waals surface area contributed by atoms with E-state index in [4.69, 9.17) is 10.5 Å². The largest absolute Gasteiger partial charge is 0.504 e. The number of nitrogens with two attached hydrogens (primary N) is 1. The van der Waals surface area contributed by atoms with Crippen LogP contribution in [-0.2, 0) is 19.3 Å². The number of anilines is 1. The van der Waals surface area contributed by atoms with Crippen LogP contribution in [0.1, 0.15) is 55.2 Å². The van der Waals surface area contributed by atoms with Gasteiger partial charge in [-0.3, -0.25) is 0 Å². The summed E-state index contributed by atoms with van der Waals surface area (Å²) in [5.74, 6) is 0.770. The molecule has 3 rings (SSSR count). The quantitative estimate of drug-likeness (QED) is 0.575. The molecule has 1 atom stereocenters. The molecule has 28 heavy (non-hydrogen) atoms. The molecule has 0 saturated heterocycles. The molecule has 5 nitrogen and oxygen atoms in total. The summed E-state index contributed by atoms with van der Waals surface area (Å²) in [4.78, 5) is 8.56. The summed E-state index contributed by atoms with van der Waals surface area (Å²) in [6.07, 6.45) is 9.20. The molecule has 0 aliphatic heterocycles. The molecule has 1 aromatic carbocycles. The number of nitrogen functional groups attached to an aromatic ring is 1. The summed E-state index contributed by atoms with van der Waals surface area (Å²) in [6.45, 7) is 4.61. The van der Waals surface area contributed by atoms with Crippen molar-refractivity contribution in [1.82, 2.24) is 9.88 Å². The number of benzene rings is 1. The molecule has 2 aromatic rings. The fourth-order valence-electron chi connectivity index (χ4n) is 4.15. The van der Waals surface area contributed by atoms with Gasteiger partial charge in [-0.15, -0.1) is 11.3 Å². The van der Waals surface area contributed by atoms with Crippen molar-refractivity contribution < 1.29 is 9.84 Å². The van der Waals surface area contributed by atoms with Crippen LogP contribution >= 0.6 is 11.3 Å². The first-order valence-electron chi connectivity index (χ1n) is 10.4. The molecule has 0 bridgehead atoms. The lowest BCUT2D eigenvalue weighted by Crippen LogP contribution is -2.40. The minimum atomic E-state index is 0.208. The Labute approximate surface area is 172 Å². The van der Waals surface area contributed by atoms with E-state index in [1.54, 1.807) is 24.5 Å². The predicted molar refractivity (Wildman–Crippen MR) is 116 cm³/mol. The van der Waals surface area contributed by atoms with Crippen LogP contribution in [0.3, 0.4) is 0 Å². The standard InChI is InChI=1S/C22H33N3O2S/c1-3-12-25(17-9-10-18-21(15-17)28-22(23)24-18)13-6-4-5-7-16-8-11-19(26)20(14-16)27-2/h8,11,14,17,26H,3-7,9-10,12-13,15H2,1-2H3,(H2,23,24)/t17-/m1/s1. The van der Waals surface area contributed by atoms with Gasteiger partial charge in [0.25, 0.3) is 0 Å². The van der Waals surface area contributed by atoms with E-state index in [0.29, 0.717) is 11.8 Å². The van der Waals surface area contributed by atoms with E-state index in [1.165, 1.54) is 54.9 Å². The molecule has 1 heterocycles. The van der Waals surface area contributed by atoms with Crippen molar-refractivity contribution in [2.24, 2.45) is 0 Å². The van der Waals surface area contributed by atoms with Gasteiger partial charge in [0.15, 0.2) is 16.6 Å². The fraction of sp³-hybridized carbons (Fsp3) is 0.591. The first kappa shape index (κ1) is 20.9. The number of aromatic hydroxyl groups is 1. The van der Waals surface area contributed by atoms with E-state index in [1.807, 2.05) is 12.1 Å². The molecule has 0 amide bonds. The molecule has 0 saturated carbocycles. The van der Waals surface area contributed by atoms with Gasteiger partial charge in [0.05, 0.1) is 12.8 Å². The Morgan fingerprint density at radius 3 is 2.93 bits per heavy atom. The Hall–Kier alpha value is -1.79. The van der Waals surface area contributed by atoms with Gasteiger partial charge >= 0.3 is 0 Å². The van der Waals surface area contributed by atoms with Gasteiger partial charge in [-0.2, -0.15) is 0 Å². The van der Waals surface area contributed by atoms with Crippen LogP contribution in [-0.4, -0.2) is 41.2 Å².